The first-order valence-corrected chi connectivity index (χ1v) is 8.90. The topological polar surface area (TPSA) is 94.3 Å². The van der Waals surface area contributed by atoms with Crippen LogP contribution in [0.2, 0.25) is 0 Å². The number of rotatable bonds is 6. The Hall–Kier alpha value is -1.80. The van der Waals surface area contributed by atoms with Gasteiger partial charge in [-0.3, -0.25) is 0 Å². The summed E-state index contributed by atoms with van der Waals surface area (Å²) in [6, 6.07) is 7.72. The molecule has 6 nitrogen and oxygen atoms in total. The van der Waals surface area contributed by atoms with Crippen molar-refractivity contribution < 1.29 is 13.2 Å². The molecule has 0 saturated carbocycles. The average Bonchev–Trinajstić information content (AvgIpc) is 2.80. The van der Waals surface area contributed by atoms with Crippen molar-refractivity contribution in [2.24, 2.45) is 0 Å². The molecular weight excluding hydrogens is 310 g/mol. The quantitative estimate of drug-likeness (QED) is 0.840. The van der Waals surface area contributed by atoms with Crippen molar-refractivity contribution >= 4 is 32.2 Å². The van der Waals surface area contributed by atoms with Crippen molar-refractivity contribution in [3.05, 3.63) is 29.8 Å². The van der Waals surface area contributed by atoms with Crippen LogP contribution in [0.1, 0.15) is 5.56 Å². The summed E-state index contributed by atoms with van der Waals surface area (Å²) in [4.78, 5) is 0.0854. The normalized spacial score (nSPS) is 11.3. The lowest BCUT2D eigenvalue weighted by Crippen LogP contribution is -2.08. The lowest BCUT2D eigenvalue weighted by atomic mass is 10.1. The van der Waals surface area contributed by atoms with Crippen LogP contribution in [0.3, 0.4) is 0 Å². The van der Waals surface area contributed by atoms with Crippen LogP contribution < -0.4 is 15.8 Å². The standard InChI is InChI=1S/C13H17N3O3S2/c1-19-10-5-3-9(4-6-10)7-8-15-13-11(21(2,17)18)12(14)16-20-13/h3-6,15H,7-8H2,1-2H3,(H2,14,16). The Morgan fingerprint density at radius 3 is 2.57 bits per heavy atom. The van der Waals surface area contributed by atoms with Crippen LogP contribution in [0.4, 0.5) is 10.8 Å². The van der Waals surface area contributed by atoms with Gasteiger partial charge < -0.3 is 15.8 Å². The van der Waals surface area contributed by atoms with Gasteiger partial charge in [0.05, 0.1) is 7.11 Å². The molecule has 0 aliphatic rings. The molecule has 1 aromatic carbocycles. The highest BCUT2D eigenvalue weighted by molar-refractivity contribution is 7.91. The van der Waals surface area contributed by atoms with E-state index < -0.39 is 9.84 Å². The molecule has 0 spiro atoms. The summed E-state index contributed by atoms with van der Waals surface area (Å²) in [5.74, 6) is 0.857. The Morgan fingerprint density at radius 2 is 2.00 bits per heavy atom. The largest absolute Gasteiger partial charge is 0.497 e. The van der Waals surface area contributed by atoms with E-state index in [9.17, 15) is 8.42 Å². The number of nitrogens with one attached hydrogen (secondary N) is 1. The van der Waals surface area contributed by atoms with Gasteiger partial charge in [0.25, 0.3) is 0 Å². The minimum atomic E-state index is -3.38. The first-order valence-electron chi connectivity index (χ1n) is 6.24. The van der Waals surface area contributed by atoms with E-state index in [1.165, 1.54) is 0 Å². The van der Waals surface area contributed by atoms with Crippen molar-refractivity contribution in [2.45, 2.75) is 11.3 Å². The van der Waals surface area contributed by atoms with E-state index in [1.807, 2.05) is 24.3 Å². The third-order valence-corrected chi connectivity index (χ3v) is 5.01. The Morgan fingerprint density at radius 1 is 1.33 bits per heavy atom. The number of nitrogens with zero attached hydrogens (tertiary/aromatic N) is 1. The molecule has 8 heteroatoms. The number of hydrogen-bond acceptors (Lipinski definition) is 7. The first-order chi connectivity index (χ1) is 9.91. The molecule has 0 amide bonds. The van der Waals surface area contributed by atoms with Crippen molar-refractivity contribution in [1.82, 2.24) is 4.37 Å². The summed E-state index contributed by atoms with van der Waals surface area (Å²) >= 11 is 1.06. The molecule has 3 N–H and O–H groups in total. The predicted molar refractivity (Wildman–Crippen MR) is 84.8 cm³/mol. The van der Waals surface area contributed by atoms with Crippen molar-refractivity contribution in [3.8, 4) is 5.75 Å². The fourth-order valence-electron chi connectivity index (χ4n) is 1.88. The first kappa shape index (κ1) is 15.6. The van der Waals surface area contributed by atoms with Gasteiger partial charge in [-0.2, -0.15) is 4.37 Å². The molecule has 2 aromatic rings. The van der Waals surface area contributed by atoms with Gasteiger partial charge in [-0.1, -0.05) is 12.1 Å². The molecule has 0 atom stereocenters. The van der Waals surface area contributed by atoms with E-state index in [2.05, 4.69) is 9.69 Å². The molecule has 0 aliphatic carbocycles. The predicted octanol–water partition coefficient (Wildman–Crippen LogP) is 1.79. The smallest absolute Gasteiger partial charge is 0.182 e. The molecule has 2 rings (SSSR count). The number of benzene rings is 1. The maximum absolute atomic E-state index is 11.7. The van der Waals surface area contributed by atoms with Gasteiger partial charge in [0.15, 0.2) is 15.7 Å². The molecule has 0 fully saturated rings. The van der Waals surface area contributed by atoms with Gasteiger partial charge in [0.2, 0.25) is 0 Å². The summed E-state index contributed by atoms with van der Waals surface area (Å²) in [5, 5.41) is 3.57. The molecule has 1 aromatic heterocycles. The third kappa shape index (κ3) is 3.85. The number of anilines is 2. The average molecular weight is 327 g/mol. The fourth-order valence-corrected chi connectivity index (χ4v) is 3.97. The summed E-state index contributed by atoms with van der Waals surface area (Å²) in [7, 11) is -1.76. The monoisotopic (exact) mass is 327 g/mol. The van der Waals surface area contributed by atoms with Crippen LogP contribution in [-0.2, 0) is 16.3 Å². The Bertz CT molecular complexity index is 709. The minimum Gasteiger partial charge on any atom is -0.497 e. The third-order valence-electron chi connectivity index (χ3n) is 2.90. The van der Waals surface area contributed by atoms with Crippen LogP contribution in [0.15, 0.2) is 29.2 Å². The second-order valence-electron chi connectivity index (χ2n) is 4.52. The zero-order chi connectivity index (χ0) is 15.5. The molecule has 0 saturated heterocycles. The maximum atomic E-state index is 11.7. The molecular formula is C13H17N3O3S2. The zero-order valence-corrected chi connectivity index (χ0v) is 13.4. The van der Waals surface area contributed by atoms with Gasteiger partial charge in [0.1, 0.15) is 15.6 Å². The second kappa shape index (κ2) is 6.31. The van der Waals surface area contributed by atoms with Crippen molar-refractivity contribution in [2.75, 3.05) is 31.0 Å². The molecule has 114 valence electrons. The number of methoxy groups -OCH3 is 1. The van der Waals surface area contributed by atoms with Crippen LogP contribution in [0.25, 0.3) is 0 Å². The van der Waals surface area contributed by atoms with E-state index in [0.717, 1.165) is 35.5 Å². The minimum absolute atomic E-state index is 0.0504. The molecule has 1 heterocycles. The van der Waals surface area contributed by atoms with Crippen molar-refractivity contribution in [1.29, 1.82) is 0 Å². The van der Waals surface area contributed by atoms with Gasteiger partial charge in [-0.05, 0) is 35.6 Å². The van der Waals surface area contributed by atoms with Crippen molar-refractivity contribution in [3.63, 3.8) is 0 Å². The van der Waals surface area contributed by atoms with Crippen LogP contribution >= 0.6 is 11.5 Å². The van der Waals surface area contributed by atoms with Crippen LogP contribution in [-0.4, -0.2) is 32.7 Å². The zero-order valence-electron chi connectivity index (χ0n) is 11.8. The van der Waals surface area contributed by atoms with Crippen LogP contribution in [0, 0.1) is 0 Å². The van der Waals surface area contributed by atoms with Gasteiger partial charge in [-0.25, -0.2) is 8.42 Å². The number of nitrogens with two attached hydrogens (primary N) is 1. The van der Waals surface area contributed by atoms with E-state index in [0.29, 0.717) is 11.5 Å². The molecule has 0 radical (unpaired) electrons. The van der Waals surface area contributed by atoms with E-state index in [4.69, 9.17) is 10.5 Å². The Labute approximate surface area is 128 Å². The number of hydrogen-bond donors (Lipinski definition) is 2. The summed E-state index contributed by atoms with van der Waals surface area (Å²) in [6.07, 6.45) is 1.88. The van der Waals surface area contributed by atoms with E-state index in [1.54, 1.807) is 7.11 Å². The van der Waals surface area contributed by atoms with Gasteiger partial charge in [0, 0.05) is 12.8 Å². The molecule has 0 bridgehead atoms. The second-order valence-corrected chi connectivity index (χ2v) is 7.25. The number of ether oxygens (including phenoxy) is 1. The highest BCUT2D eigenvalue weighted by Gasteiger charge is 2.20. The van der Waals surface area contributed by atoms with Gasteiger partial charge in [-0.15, -0.1) is 0 Å². The van der Waals surface area contributed by atoms with Crippen LogP contribution in [0.5, 0.6) is 5.75 Å². The number of nitrogen functional groups attached to an aromatic ring is 1. The summed E-state index contributed by atoms with van der Waals surface area (Å²) in [5.41, 5.74) is 6.74. The highest BCUT2D eigenvalue weighted by atomic mass is 32.2. The maximum Gasteiger partial charge on any atom is 0.182 e. The summed E-state index contributed by atoms with van der Waals surface area (Å²) in [6.45, 7) is 0.594. The van der Waals surface area contributed by atoms with E-state index >= 15 is 0 Å². The molecule has 0 aliphatic heterocycles. The fraction of sp³-hybridized carbons (Fsp3) is 0.308. The van der Waals surface area contributed by atoms with Gasteiger partial charge >= 0.3 is 0 Å². The highest BCUT2D eigenvalue weighted by Crippen LogP contribution is 2.31. The number of aromatic nitrogens is 1. The van der Waals surface area contributed by atoms with E-state index in [-0.39, 0.29) is 10.7 Å². The number of sulfone groups is 1. The molecule has 21 heavy (non-hydrogen) atoms. The lowest BCUT2D eigenvalue weighted by Gasteiger charge is -2.07. The SMILES string of the molecule is COc1ccc(CCNc2snc(N)c2S(C)(=O)=O)cc1. The summed E-state index contributed by atoms with van der Waals surface area (Å²) < 4.78 is 32.3. The molecule has 0 unspecified atom stereocenters. The Kier molecular flexibility index (Phi) is 4.69. The Balaban J connectivity index is 2.01. The lowest BCUT2D eigenvalue weighted by molar-refractivity contribution is 0.414.